The van der Waals surface area contributed by atoms with Gasteiger partial charge in [0, 0.05) is 18.2 Å². The summed E-state index contributed by atoms with van der Waals surface area (Å²) in [5, 5.41) is 12.8. The van der Waals surface area contributed by atoms with Gasteiger partial charge in [-0.2, -0.15) is 5.10 Å². The van der Waals surface area contributed by atoms with Gasteiger partial charge >= 0.3 is 6.09 Å². The molecule has 0 spiro atoms. The molecule has 0 fully saturated rings. The molecule has 12 heteroatoms. The van der Waals surface area contributed by atoms with Crippen molar-refractivity contribution in [3.63, 3.8) is 0 Å². The minimum Gasteiger partial charge on any atom is -0.493 e. The fraction of sp³-hybridized carbons (Fsp3) is 0.400. The zero-order chi connectivity index (χ0) is 26.1. The number of pyridine rings is 1. The zero-order valence-corrected chi connectivity index (χ0v) is 21.1. The van der Waals surface area contributed by atoms with Crippen molar-refractivity contribution < 1.29 is 23.4 Å². The lowest BCUT2D eigenvalue weighted by Crippen LogP contribution is -2.38. The molecule has 0 saturated heterocycles. The van der Waals surface area contributed by atoms with Crippen LogP contribution < -0.4 is 14.4 Å². The van der Waals surface area contributed by atoms with Crippen LogP contribution in [0.4, 0.5) is 15.0 Å². The van der Waals surface area contributed by atoms with Gasteiger partial charge < -0.3 is 14.2 Å². The van der Waals surface area contributed by atoms with Crippen LogP contribution in [0.5, 0.6) is 11.5 Å². The molecule has 0 aliphatic carbocycles. The summed E-state index contributed by atoms with van der Waals surface area (Å²) in [5.74, 6) is 1.79. The molecule has 0 N–H and O–H groups in total. The standard InChI is InChI=1S/C25H26FN7O4/c1-13-28-21(31(5)30-13)15-8-19-23(33-12-27-29-22(15)33)32(24(34)37-25(2,3)4)9-16-17(26)6-7-18-20(16)14(10-35-18)11-36-19/h6-8,12,14H,9-11H2,1-5H3/t14-/m1/s1. The molecule has 0 unspecified atom stereocenters. The van der Waals surface area contributed by atoms with Crippen molar-refractivity contribution in [2.24, 2.45) is 7.05 Å². The van der Waals surface area contributed by atoms with Crippen LogP contribution in [0.2, 0.25) is 0 Å². The van der Waals surface area contributed by atoms with Crippen LogP contribution in [0.1, 0.15) is 43.6 Å². The van der Waals surface area contributed by atoms with Crippen molar-refractivity contribution in [1.82, 2.24) is 29.4 Å². The lowest BCUT2D eigenvalue weighted by Gasteiger charge is -2.29. The molecule has 192 valence electrons. The Balaban J connectivity index is 1.61. The lowest BCUT2D eigenvalue weighted by atomic mass is 9.95. The summed E-state index contributed by atoms with van der Waals surface area (Å²) >= 11 is 0. The molecule has 6 rings (SSSR count). The highest BCUT2D eigenvalue weighted by atomic mass is 19.1. The maximum Gasteiger partial charge on any atom is 0.416 e. The molecule has 11 nitrogen and oxygen atoms in total. The maximum atomic E-state index is 15.3. The average molecular weight is 508 g/mol. The summed E-state index contributed by atoms with van der Waals surface area (Å²) in [6.45, 7) is 7.58. The molecule has 1 amide bonds. The number of aryl methyl sites for hydroxylation is 2. The van der Waals surface area contributed by atoms with Gasteiger partial charge in [0.25, 0.3) is 0 Å². The largest absolute Gasteiger partial charge is 0.493 e. The van der Waals surface area contributed by atoms with Crippen LogP contribution in [0.15, 0.2) is 24.5 Å². The smallest absolute Gasteiger partial charge is 0.416 e. The Hall–Kier alpha value is -4.22. The molecule has 3 aromatic heterocycles. The Kier molecular flexibility index (Phi) is 5.11. The molecule has 4 aromatic rings. The molecule has 2 aliphatic heterocycles. The van der Waals surface area contributed by atoms with E-state index in [1.807, 2.05) is 0 Å². The van der Waals surface area contributed by atoms with Crippen LogP contribution >= 0.6 is 0 Å². The highest BCUT2D eigenvalue weighted by Gasteiger charge is 2.37. The van der Waals surface area contributed by atoms with E-state index < -0.39 is 17.5 Å². The summed E-state index contributed by atoms with van der Waals surface area (Å²) in [5.41, 5.74) is 1.32. The molecule has 0 radical (unpaired) electrons. The van der Waals surface area contributed by atoms with E-state index in [9.17, 15) is 4.79 Å². The van der Waals surface area contributed by atoms with Crippen molar-refractivity contribution in [3.05, 3.63) is 47.3 Å². The Morgan fingerprint density at radius 3 is 2.65 bits per heavy atom. The number of rotatable bonds is 1. The number of carbonyl (C=O) groups excluding carboxylic acids is 1. The Morgan fingerprint density at radius 2 is 1.95 bits per heavy atom. The first-order valence-corrected chi connectivity index (χ1v) is 11.9. The number of aromatic nitrogens is 6. The predicted molar refractivity (Wildman–Crippen MR) is 130 cm³/mol. The monoisotopic (exact) mass is 507 g/mol. The van der Waals surface area contributed by atoms with E-state index in [-0.39, 0.29) is 19.1 Å². The third-order valence-electron chi connectivity index (χ3n) is 6.36. The minimum atomic E-state index is -0.790. The second-order valence-electron chi connectivity index (χ2n) is 10.2. The molecular weight excluding hydrogens is 481 g/mol. The quantitative estimate of drug-likeness (QED) is 0.383. The highest BCUT2D eigenvalue weighted by molar-refractivity contribution is 5.91. The average Bonchev–Trinajstić information content (AvgIpc) is 3.54. The minimum absolute atomic E-state index is 0.101. The molecule has 5 heterocycles. The van der Waals surface area contributed by atoms with Gasteiger partial charge in [0.05, 0.1) is 31.2 Å². The Labute approximate surface area is 211 Å². The van der Waals surface area contributed by atoms with E-state index in [2.05, 4.69) is 20.3 Å². The van der Waals surface area contributed by atoms with Gasteiger partial charge in [-0.15, -0.1) is 10.2 Å². The first-order chi connectivity index (χ1) is 17.6. The van der Waals surface area contributed by atoms with Crippen LogP contribution in [-0.2, 0) is 18.3 Å². The van der Waals surface area contributed by atoms with Crippen molar-refractivity contribution in [2.45, 2.75) is 45.8 Å². The third kappa shape index (κ3) is 3.83. The zero-order valence-electron chi connectivity index (χ0n) is 21.1. The lowest BCUT2D eigenvalue weighted by molar-refractivity contribution is 0.0574. The molecular formula is C25H26FN7O4. The number of hydrogen-bond donors (Lipinski definition) is 0. The van der Waals surface area contributed by atoms with Gasteiger partial charge in [-0.05, 0) is 45.9 Å². The normalized spacial score (nSPS) is 16.8. The van der Waals surface area contributed by atoms with Crippen molar-refractivity contribution >= 4 is 17.6 Å². The number of carbonyl (C=O) groups is 1. The number of anilines is 1. The van der Waals surface area contributed by atoms with Crippen LogP contribution in [0.3, 0.4) is 0 Å². The summed E-state index contributed by atoms with van der Waals surface area (Å²) in [7, 11) is 1.79. The molecule has 2 aliphatic rings. The van der Waals surface area contributed by atoms with E-state index in [4.69, 9.17) is 14.2 Å². The van der Waals surface area contributed by atoms with Crippen molar-refractivity contribution in [1.29, 1.82) is 0 Å². The van der Waals surface area contributed by atoms with Crippen LogP contribution in [0, 0.1) is 12.7 Å². The van der Waals surface area contributed by atoms with E-state index in [1.165, 1.54) is 17.3 Å². The number of benzene rings is 1. The number of ether oxygens (including phenoxy) is 3. The van der Waals surface area contributed by atoms with E-state index in [1.54, 1.807) is 56.0 Å². The maximum absolute atomic E-state index is 15.3. The van der Waals surface area contributed by atoms with Gasteiger partial charge in [0.1, 0.15) is 29.3 Å². The molecule has 1 atom stereocenters. The molecule has 0 saturated carbocycles. The Morgan fingerprint density at radius 1 is 1.19 bits per heavy atom. The van der Waals surface area contributed by atoms with Gasteiger partial charge in [-0.3, -0.25) is 9.30 Å². The number of fused-ring (bicyclic) bond motifs is 3. The van der Waals surface area contributed by atoms with E-state index >= 15 is 4.39 Å². The first-order valence-electron chi connectivity index (χ1n) is 11.9. The van der Waals surface area contributed by atoms with E-state index in [0.717, 1.165) is 0 Å². The fourth-order valence-electron chi connectivity index (χ4n) is 4.88. The molecule has 37 heavy (non-hydrogen) atoms. The second-order valence-corrected chi connectivity index (χ2v) is 10.2. The Bertz CT molecular complexity index is 1550. The van der Waals surface area contributed by atoms with Gasteiger partial charge in [-0.25, -0.2) is 18.9 Å². The van der Waals surface area contributed by atoms with Crippen LogP contribution in [-0.4, -0.2) is 54.3 Å². The van der Waals surface area contributed by atoms with Gasteiger partial charge in [0.2, 0.25) is 0 Å². The number of nitrogens with zero attached hydrogens (tertiary/aromatic N) is 7. The second kappa shape index (κ2) is 8.15. The summed E-state index contributed by atoms with van der Waals surface area (Å²) in [4.78, 5) is 19.6. The number of halogens is 1. The van der Waals surface area contributed by atoms with Gasteiger partial charge in [-0.1, -0.05) is 0 Å². The number of amides is 1. The SMILES string of the molecule is Cc1nc(-c2cc3c(n4cnnc24)N(C(=O)OC(C)(C)C)Cc2c(F)ccc4c2[C@H](CO4)CO3)n(C)n1. The summed E-state index contributed by atoms with van der Waals surface area (Å²) in [6.07, 6.45) is 0.823. The van der Waals surface area contributed by atoms with Crippen molar-refractivity contribution in [3.8, 4) is 22.9 Å². The fourth-order valence-corrected chi connectivity index (χ4v) is 4.88. The number of hydrogen-bond acceptors (Lipinski definition) is 8. The topological polar surface area (TPSA) is 109 Å². The molecule has 0 bridgehead atoms. The van der Waals surface area contributed by atoms with E-state index in [0.29, 0.717) is 57.9 Å². The summed E-state index contributed by atoms with van der Waals surface area (Å²) in [6, 6.07) is 4.74. The van der Waals surface area contributed by atoms with Crippen LogP contribution in [0.25, 0.3) is 17.0 Å². The third-order valence-corrected chi connectivity index (χ3v) is 6.36. The van der Waals surface area contributed by atoms with Crippen molar-refractivity contribution in [2.75, 3.05) is 18.1 Å². The predicted octanol–water partition coefficient (Wildman–Crippen LogP) is 3.78. The first kappa shape index (κ1) is 23.2. The summed E-state index contributed by atoms with van der Waals surface area (Å²) < 4.78 is 36.5. The highest BCUT2D eigenvalue weighted by Crippen LogP contribution is 2.43. The molecule has 1 aromatic carbocycles. The van der Waals surface area contributed by atoms with Gasteiger partial charge in [0.15, 0.2) is 23.0 Å².